The number of amides is 1. The maximum atomic E-state index is 13.1. The van der Waals surface area contributed by atoms with Gasteiger partial charge in [-0.15, -0.1) is 0 Å². The Kier molecular flexibility index (Phi) is 5.39. The largest absolute Gasteiger partial charge is 0.389 e. The van der Waals surface area contributed by atoms with Gasteiger partial charge in [0.25, 0.3) is 0 Å². The molecule has 1 amide bonds. The number of likely N-dealkylation sites (tertiary alicyclic amines) is 1. The maximum Gasteiger partial charge on any atom is 0.389 e. The van der Waals surface area contributed by atoms with Crippen LogP contribution in [0.25, 0.3) is 0 Å². The van der Waals surface area contributed by atoms with Gasteiger partial charge in [-0.25, -0.2) is 4.39 Å². The van der Waals surface area contributed by atoms with E-state index in [1.54, 1.807) is 17.0 Å². The molecule has 1 aliphatic rings. The van der Waals surface area contributed by atoms with Gasteiger partial charge in [0.2, 0.25) is 5.91 Å². The molecule has 22 heavy (non-hydrogen) atoms. The van der Waals surface area contributed by atoms with Gasteiger partial charge in [-0.2, -0.15) is 13.2 Å². The first kappa shape index (κ1) is 16.7. The Bertz CT molecular complexity index is 519. The quantitative estimate of drug-likeness (QED) is 0.646. The lowest BCUT2D eigenvalue weighted by atomic mass is 10.2. The maximum absolute atomic E-state index is 13.1. The van der Waals surface area contributed by atoms with Gasteiger partial charge in [0, 0.05) is 32.0 Å². The zero-order valence-corrected chi connectivity index (χ0v) is 12.0. The predicted molar refractivity (Wildman–Crippen MR) is 73.5 cm³/mol. The van der Waals surface area contributed by atoms with Crippen molar-refractivity contribution in [2.45, 2.75) is 38.0 Å². The molecule has 1 N–H and O–H groups in total. The fourth-order valence-corrected chi connectivity index (χ4v) is 2.51. The molecule has 0 bridgehead atoms. The number of hydrogen-bond acceptors (Lipinski definition) is 2. The third-order valence-corrected chi connectivity index (χ3v) is 3.55. The van der Waals surface area contributed by atoms with Crippen LogP contribution in [0.2, 0.25) is 0 Å². The van der Waals surface area contributed by atoms with Crippen molar-refractivity contribution in [3.63, 3.8) is 0 Å². The van der Waals surface area contributed by atoms with E-state index in [2.05, 4.69) is 5.32 Å². The summed E-state index contributed by atoms with van der Waals surface area (Å²) in [6.07, 6.45) is -4.70. The summed E-state index contributed by atoms with van der Waals surface area (Å²) >= 11 is 0. The molecular formula is C15H18F4N2O. The van der Waals surface area contributed by atoms with Crippen LogP contribution in [0.1, 0.15) is 24.8 Å². The van der Waals surface area contributed by atoms with Gasteiger partial charge in [0.15, 0.2) is 0 Å². The molecule has 1 heterocycles. The molecule has 1 aliphatic heterocycles. The third-order valence-electron chi connectivity index (χ3n) is 3.55. The number of alkyl halides is 3. The molecule has 7 heteroatoms. The van der Waals surface area contributed by atoms with Crippen LogP contribution in [0.4, 0.5) is 17.6 Å². The number of halogens is 4. The summed E-state index contributed by atoms with van der Waals surface area (Å²) in [6.45, 7) is 0.976. The Hall–Kier alpha value is -1.63. The van der Waals surface area contributed by atoms with Crippen LogP contribution in [-0.4, -0.2) is 36.1 Å². The normalized spacial score (nSPS) is 19.0. The number of nitrogens with one attached hydrogen (secondary N) is 1. The molecule has 1 saturated heterocycles. The molecule has 0 radical (unpaired) electrons. The van der Waals surface area contributed by atoms with E-state index in [1.165, 1.54) is 12.1 Å². The molecule has 0 spiro atoms. The second-order valence-electron chi connectivity index (χ2n) is 5.48. The van der Waals surface area contributed by atoms with Gasteiger partial charge in [-0.05, 0) is 30.7 Å². The van der Waals surface area contributed by atoms with Crippen LogP contribution in [0.5, 0.6) is 0 Å². The molecule has 0 aliphatic carbocycles. The molecule has 0 saturated carbocycles. The number of hydrogen-bond donors (Lipinski definition) is 1. The van der Waals surface area contributed by atoms with Gasteiger partial charge in [0.05, 0.1) is 0 Å². The van der Waals surface area contributed by atoms with Crippen molar-refractivity contribution in [1.29, 1.82) is 0 Å². The van der Waals surface area contributed by atoms with Crippen molar-refractivity contribution in [1.82, 2.24) is 10.2 Å². The molecule has 1 fully saturated rings. The molecule has 122 valence electrons. The Labute approximate surface area is 126 Å². The minimum Gasteiger partial charge on any atom is -0.337 e. The van der Waals surface area contributed by atoms with E-state index in [1.807, 2.05) is 0 Å². The summed E-state index contributed by atoms with van der Waals surface area (Å²) in [4.78, 5) is 13.5. The summed E-state index contributed by atoms with van der Waals surface area (Å²) in [5, 5.41) is 2.98. The fourth-order valence-electron chi connectivity index (χ4n) is 2.51. The SMILES string of the molecule is O=C1C[C@H](NCCCC(F)(F)F)CN1Cc1cccc(F)c1. The summed E-state index contributed by atoms with van der Waals surface area (Å²) < 4.78 is 49.2. The zero-order chi connectivity index (χ0) is 16.2. The number of benzene rings is 1. The first-order chi connectivity index (χ1) is 10.3. The number of carbonyl (C=O) groups is 1. The fraction of sp³-hybridized carbons (Fsp3) is 0.533. The first-order valence-corrected chi connectivity index (χ1v) is 7.16. The third kappa shape index (κ3) is 5.29. The molecule has 3 nitrogen and oxygen atoms in total. The molecule has 1 aromatic rings. The van der Waals surface area contributed by atoms with Crippen molar-refractivity contribution in [3.8, 4) is 0 Å². The smallest absolute Gasteiger partial charge is 0.337 e. The molecular weight excluding hydrogens is 300 g/mol. The lowest BCUT2D eigenvalue weighted by Gasteiger charge is -2.17. The van der Waals surface area contributed by atoms with E-state index in [9.17, 15) is 22.4 Å². The molecule has 0 unspecified atom stereocenters. The molecule has 0 aromatic heterocycles. The summed E-state index contributed by atoms with van der Waals surface area (Å²) in [6, 6.07) is 5.88. The van der Waals surface area contributed by atoms with Crippen LogP contribution in [0.3, 0.4) is 0 Å². The molecule has 1 atom stereocenters. The second kappa shape index (κ2) is 7.09. The second-order valence-corrected chi connectivity index (χ2v) is 5.48. The highest BCUT2D eigenvalue weighted by atomic mass is 19.4. The van der Waals surface area contributed by atoms with Gasteiger partial charge in [-0.3, -0.25) is 4.79 Å². The van der Waals surface area contributed by atoms with Crippen LogP contribution < -0.4 is 5.32 Å². The first-order valence-electron chi connectivity index (χ1n) is 7.16. The standard InChI is InChI=1S/C15H18F4N2O/c16-12-4-1-3-11(7-12)9-21-10-13(8-14(21)22)20-6-2-5-15(17,18)19/h1,3-4,7,13,20H,2,5-6,8-10H2/t13-/m0/s1. The van der Waals surface area contributed by atoms with Gasteiger partial charge >= 0.3 is 6.18 Å². The lowest BCUT2D eigenvalue weighted by molar-refractivity contribution is -0.135. The van der Waals surface area contributed by atoms with Crippen LogP contribution in [0, 0.1) is 5.82 Å². The molecule has 1 aromatic carbocycles. The van der Waals surface area contributed by atoms with Crippen molar-refractivity contribution in [2.24, 2.45) is 0 Å². The van der Waals surface area contributed by atoms with Crippen LogP contribution in [0.15, 0.2) is 24.3 Å². The average Bonchev–Trinajstić information content (AvgIpc) is 2.74. The lowest BCUT2D eigenvalue weighted by Crippen LogP contribution is -2.33. The Balaban J connectivity index is 1.76. The van der Waals surface area contributed by atoms with Gasteiger partial charge in [-0.1, -0.05) is 12.1 Å². The van der Waals surface area contributed by atoms with E-state index in [0.29, 0.717) is 18.7 Å². The van der Waals surface area contributed by atoms with Crippen molar-refractivity contribution < 1.29 is 22.4 Å². The van der Waals surface area contributed by atoms with E-state index in [-0.39, 0.29) is 37.2 Å². The van der Waals surface area contributed by atoms with E-state index >= 15 is 0 Å². The van der Waals surface area contributed by atoms with Gasteiger partial charge < -0.3 is 10.2 Å². The molecule has 2 rings (SSSR count). The zero-order valence-electron chi connectivity index (χ0n) is 12.0. The van der Waals surface area contributed by atoms with Crippen molar-refractivity contribution in [2.75, 3.05) is 13.1 Å². The van der Waals surface area contributed by atoms with E-state index < -0.39 is 12.6 Å². The Morgan fingerprint density at radius 2 is 2.09 bits per heavy atom. The Morgan fingerprint density at radius 3 is 2.77 bits per heavy atom. The Morgan fingerprint density at radius 1 is 1.32 bits per heavy atom. The number of nitrogens with zero attached hydrogens (tertiary/aromatic N) is 1. The highest BCUT2D eigenvalue weighted by Crippen LogP contribution is 2.21. The van der Waals surface area contributed by atoms with Crippen molar-refractivity contribution >= 4 is 5.91 Å². The minimum absolute atomic E-state index is 0.00190. The average molecular weight is 318 g/mol. The minimum atomic E-state index is -4.14. The highest BCUT2D eigenvalue weighted by Gasteiger charge is 2.30. The van der Waals surface area contributed by atoms with Crippen LogP contribution >= 0.6 is 0 Å². The van der Waals surface area contributed by atoms with E-state index in [0.717, 1.165) is 0 Å². The summed E-state index contributed by atoms with van der Waals surface area (Å²) in [5.74, 6) is -0.427. The topological polar surface area (TPSA) is 32.3 Å². The summed E-state index contributed by atoms with van der Waals surface area (Å²) in [5.41, 5.74) is 0.700. The van der Waals surface area contributed by atoms with Crippen molar-refractivity contribution in [3.05, 3.63) is 35.6 Å². The highest BCUT2D eigenvalue weighted by molar-refractivity contribution is 5.79. The van der Waals surface area contributed by atoms with Crippen LogP contribution in [-0.2, 0) is 11.3 Å². The van der Waals surface area contributed by atoms with E-state index in [4.69, 9.17) is 0 Å². The summed E-state index contributed by atoms with van der Waals surface area (Å²) in [7, 11) is 0. The number of carbonyl (C=O) groups excluding carboxylic acids is 1. The monoisotopic (exact) mass is 318 g/mol. The number of rotatable bonds is 6. The predicted octanol–water partition coefficient (Wildman–Crippen LogP) is 2.86. The van der Waals surface area contributed by atoms with Gasteiger partial charge in [0.1, 0.15) is 5.82 Å².